The van der Waals surface area contributed by atoms with Crippen LogP contribution < -0.4 is 4.74 Å². The average molecular weight is 447 g/mol. The van der Waals surface area contributed by atoms with Crippen LogP contribution in [0.15, 0.2) is 60.9 Å². The molecule has 0 bridgehead atoms. The lowest BCUT2D eigenvalue weighted by Crippen LogP contribution is -2.00. The molecule has 1 heterocycles. The molecule has 0 amide bonds. The fourth-order valence-electron chi connectivity index (χ4n) is 3.67. The third-order valence-corrected chi connectivity index (χ3v) is 5.67. The quantitative estimate of drug-likeness (QED) is 0.207. The van der Waals surface area contributed by atoms with Crippen LogP contribution in [0.5, 0.6) is 5.75 Å². The monoisotopic (exact) mass is 446 g/mol. The molecule has 0 atom stereocenters. The van der Waals surface area contributed by atoms with E-state index in [1.807, 2.05) is 48.8 Å². The van der Waals surface area contributed by atoms with Crippen LogP contribution in [0.2, 0.25) is 0 Å². The van der Waals surface area contributed by atoms with Crippen LogP contribution in [-0.4, -0.2) is 29.7 Å². The summed E-state index contributed by atoms with van der Waals surface area (Å²) in [5, 5.41) is 0. The van der Waals surface area contributed by atoms with Gasteiger partial charge in [-0.2, -0.15) is 0 Å². The fraction of sp³-hybridized carbons (Fsp3) is 0.393. The van der Waals surface area contributed by atoms with Gasteiger partial charge in [-0.3, -0.25) is 0 Å². The highest BCUT2D eigenvalue weighted by molar-refractivity contribution is 5.89. The molecule has 0 radical (unpaired) electrons. The third-order valence-electron chi connectivity index (χ3n) is 5.67. The normalized spacial score (nSPS) is 10.7. The Labute approximate surface area is 197 Å². The van der Waals surface area contributed by atoms with Crippen molar-refractivity contribution in [3.63, 3.8) is 0 Å². The predicted molar refractivity (Wildman–Crippen MR) is 132 cm³/mol. The van der Waals surface area contributed by atoms with Crippen molar-refractivity contribution < 1.29 is 14.3 Å². The van der Waals surface area contributed by atoms with Crippen molar-refractivity contribution in [2.24, 2.45) is 0 Å². The number of aromatic nitrogens is 2. The summed E-state index contributed by atoms with van der Waals surface area (Å²) in [6, 6.07) is 15.1. The minimum atomic E-state index is -0.358. The van der Waals surface area contributed by atoms with Crippen LogP contribution in [0.3, 0.4) is 0 Å². The molecule has 5 heteroatoms. The molecule has 2 aromatic carbocycles. The van der Waals surface area contributed by atoms with Crippen molar-refractivity contribution in [1.82, 2.24) is 9.97 Å². The Morgan fingerprint density at radius 3 is 1.91 bits per heavy atom. The van der Waals surface area contributed by atoms with Crippen LogP contribution >= 0.6 is 0 Å². The molecule has 5 nitrogen and oxygen atoms in total. The molecule has 0 fully saturated rings. The number of hydrogen-bond donors (Lipinski definition) is 0. The van der Waals surface area contributed by atoms with Gasteiger partial charge in [0.1, 0.15) is 5.75 Å². The highest BCUT2D eigenvalue weighted by Gasteiger charge is 2.07. The van der Waals surface area contributed by atoms with Crippen molar-refractivity contribution in [1.29, 1.82) is 0 Å². The van der Waals surface area contributed by atoms with Crippen LogP contribution in [0, 0.1) is 0 Å². The van der Waals surface area contributed by atoms with E-state index in [-0.39, 0.29) is 5.97 Å². The van der Waals surface area contributed by atoms with Gasteiger partial charge in [-0.05, 0) is 36.2 Å². The number of benzene rings is 2. The second kappa shape index (κ2) is 13.4. The van der Waals surface area contributed by atoms with Gasteiger partial charge < -0.3 is 9.47 Å². The van der Waals surface area contributed by atoms with Gasteiger partial charge in [-0.1, -0.05) is 76.1 Å². The lowest BCUT2D eigenvalue weighted by molar-refractivity contribution is 0.0600. The topological polar surface area (TPSA) is 61.3 Å². The number of hydrogen-bond acceptors (Lipinski definition) is 5. The van der Waals surface area contributed by atoms with Crippen LogP contribution in [0.25, 0.3) is 22.5 Å². The molecule has 33 heavy (non-hydrogen) atoms. The van der Waals surface area contributed by atoms with Gasteiger partial charge in [0.2, 0.25) is 0 Å². The van der Waals surface area contributed by atoms with Gasteiger partial charge in [0, 0.05) is 23.5 Å². The number of rotatable bonds is 13. The molecule has 0 aliphatic heterocycles. The molecule has 0 aliphatic rings. The smallest absolute Gasteiger partial charge is 0.337 e. The summed E-state index contributed by atoms with van der Waals surface area (Å²) in [4.78, 5) is 20.5. The predicted octanol–water partition coefficient (Wildman–Crippen LogP) is 7.12. The summed E-state index contributed by atoms with van der Waals surface area (Å²) >= 11 is 0. The summed E-state index contributed by atoms with van der Waals surface area (Å²) < 4.78 is 10.6. The summed E-state index contributed by atoms with van der Waals surface area (Å²) in [6.45, 7) is 3.02. The van der Waals surface area contributed by atoms with Crippen molar-refractivity contribution in [2.45, 2.75) is 58.3 Å². The Morgan fingerprint density at radius 1 is 0.727 bits per heavy atom. The van der Waals surface area contributed by atoms with E-state index >= 15 is 0 Å². The summed E-state index contributed by atoms with van der Waals surface area (Å²) in [6.07, 6.45) is 14.0. The Kier molecular flexibility index (Phi) is 9.89. The maximum atomic E-state index is 11.6. The summed E-state index contributed by atoms with van der Waals surface area (Å²) in [5.41, 5.74) is 3.34. The molecular weight excluding hydrogens is 412 g/mol. The number of nitrogens with zero attached hydrogens (tertiary/aromatic N) is 2. The van der Waals surface area contributed by atoms with Crippen LogP contribution in [0.1, 0.15) is 68.6 Å². The Balaban J connectivity index is 1.45. The van der Waals surface area contributed by atoms with Crippen LogP contribution in [0.4, 0.5) is 0 Å². The van der Waals surface area contributed by atoms with E-state index in [0.717, 1.165) is 35.5 Å². The molecule has 0 saturated heterocycles. The average Bonchev–Trinajstić information content (AvgIpc) is 2.88. The molecule has 174 valence electrons. The fourth-order valence-corrected chi connectivity index (χ4v) is 3.67. The maximum absolute atomic E-state index is 11.6. The van der Waals surface area contributed by atoms with Crippen molar-refractivity contribution in [2.75, 3.05) is 13.7 Å². The second-order valence-electron chi connectivity index (χ2n) is 8.21. The van der Waals surface area contributed by atoms with Crippen molar-refractivity contribution in [3.8, 4) is 28.3 Å². The lowest BCUT2D eigenvalue weighted by atomic mass is 10.1. The first kappa shape index (κ1) is 24.4. The zero-order chi connectivity index (χ0) is 23.3. The van der Waals surface area contributed by atoms with E-state index in [1.54, 1.807) is 12.1 Å². The highest BCUT2D eigenvalue weighted by Crippen LogP contribution is 2.23. The number of unbranched alkanes of at least 4 members (excludes halogenated alkanes) is 7. The summed E-state index contributed by atoms with van der Waals surface area (Å²) in [7, 11) is 1.37. The van der Waals surface area contributed by atoms with Gasteiger partial charge in [-0.25, -0.2) is 14.8 Å². The zero-order valence-corrected chi connectivity index (χ0v) is 19.8. The van der Waals surface area contributed by atoms with Crippen LogP contribution in [-0.2, 0) is 4.74 Å². The largest absolute Gasteiger partial charge is 0.494 e. The molecule has 1 aromatic heterocycles. The van der Waals surface area contributed by atoms with E-state index in [0.29, 0.717) is 11.4 Å². The first-order chi connectivity index (χ1) is 16.2. The molecule has 0 aliphatic carbocycles. The van der Waals surface area contributed by atoms with E-state index in [1.165, 1.54) is 52.1 Å². The van der Waals surface area contributed by atoms with Gasteiger partial charge in [-0.15, -0.1) is 0 Å². The number of carbonyl (C=O) groups excluding carboxylic acids is 1. The summed E-state index contributed by atoms with van der Waals surface area (Å²) in [5.74, 6) is 1.15. The molecule has 3 aromatic rings. The lowest BCUT2D eigenvalue weighted by Gasteiger charge is -2.08. The minimum Gasteiger partial charge on any atom is -0.494 e. The van der Waals surface area contributed by atoms with E-state index < -0.39 is 0 Å². The van der Waals surface area contributed by atoms with Gasteiger partial charge >= 0.3 is 5.97 Å². The molecule has 3 rings (SSSR count). The first-order valence-electron chi connectivity index (χ1n) is 12.0. The second-order valence-corrected chi connectivity index (χ2v) is 8.21. The number of ether oxygens (including phenoxy) is 2. The highest BCUT2D eigenvalue weighted by atomic mass is 16.5. The van der Waals surface area contributed by atoms with E-state index in [9.17, 15) is 4.79 Å². The van der Waals surface area contributed by atoms with E-state index in [2.05, 4.69) is 16.9 Å². The van der Waals surface area contributed by atoms with Gasteiger partial charge in [0.25, 0.3) is 0 Å². The Morgan fingerprint density at radius 2 is 1.30 bits per heavy atom. The Bertz CT molecular complexity index is 968. The standard InChI is InChI=1S/C28H34N2O3/c1-3-4-5-6-7-8-9-10-19-33-26-17-15-22(16-18-26)25-20-29-27(30-21-25)23-11-13-24(14-12-23)28(31)32-2/h11-18,20-21H,3-10,19H2,1-2H3. The number of esters is 1. The molecular formula is C28H34N2O3. The maximum Gasteiger partial charge on any atom is 0.337 e. The zero-order valence-electron chi connectivity index (χ0n) is 19.8. The van der Waals surface area contributed by atoms with E-state index in [4.69, 9.17) is 9.47 Å². The number of carbonyl (C=O) groups is 1. The van der Waals surface area contributed by atoms with Crippen molar-refractivity contribution in [3.05, 3.63) is 66.5 Å². The molecule has 0 N–H and O–H groups in total. The molecule has 0 unspecified atom stereocenters. The third kappa shape index (κ3) is 7.70. The first-order valence-corrected chi connectivity index (χ1v) is 12.0. The SMILES string of the molecule is CCCCCCCCCCOc1ccc(-c2cnc(-c3ccc(C(=O)OC)cc3)nc2)cc1. The number of methoxy groups -OCH3 is 1. The molecule has 0 saturated carbocycles. The molecule has 0 spiro atoms. The Hall–Kier alpha value is -3.21. The van der Waals surface area contributed by atoms with Crippen molar-refractivity contribution >= 4 is 5.97 Å². The minimum absolute atomic E-state index is 0.358. The van der Waals surface area contributed by atoms with Gasteiger partial charge in [0.05, 0.1) is 19.3 Å². The van der Waals surface area contributed by atoms with Gasteiger partial charge in [0.15, 0.2) is 5.82 Å².